The monoisotopic (exact) mass is 351 g/mol. The second-order valence-corrected chi connectivity index (χ2v) is 5.96. The van der Waals surface area contributed by atoms with Gasteiger partial charge in [0.25, 0.3) is 0 Å². The molecule has 1 aromatic carbocycles. The third-order valence-corrected chi connectivity index (χ3v) is 4.11. The summed E-state index contributed by atoms with van der Waals surface area (Å²) in [4.78, 5) is 0. The lowest BCUT2D eigenvalue weighted by Crippen LogP contribution is -2.23. The van der Waals surface area contributed by atoms with E-state index in [0.717, 1.165) is 28.9 Å². The normalized spacial score (nSPS) is 12.4. The molecule has 4 nitrogen and oxygen atoms in total. The first-order valence-electron chi connectivity index (χ1n) is 7.15. The number of aromatic nitrogens is 2. The van der Waals surface area contributed by atoms with Gasteiger partial charge in [-0.3, -0.25) is 4.68 Å². The van der Waals surface area contributed by atoms with Crippen molar-refractivity contribution in [3.8, 4) is 5.75 Å². The third-order valence-electron chi connectivity index (χ3n) is 3.61. The topological polar surface area (TPSA) is 39.1 Å². The number of ether oxygens (including phenoxy) is 1. The fourth-order valence-electron chi connectivity index (χ4n) is 2.58. The number of aryl methyl sites for hydroxylation is 2. The number of hydrogen-bond donors (Lipinski definition) is 1. The Kier molecular flexibility index (Phi) is 5.42. The molecule has 0 bridgehead atoms. The largest absolute Gasteiger partial charge is 0.493 e. The molecule has 2 rings (SSSR count). The zero-order valence-corrected chi connectivity index (χ0v) is 14.6. The Morgan fingerprint density at radius 1 is 1.43 bits per heavy atom. The van der Waals surface area contributed by atoms with E-state index in [2.05, 4.69) is 58.4 Å². The standard InChI is InChI=1S/C16H22BrN3O/c1-5-8-20-16(14(21-4)10-19-20)15(18-3)13-9-12(17)7-6-11(13)2/h6-7,9-10,15,18H,5,8H2,1-4H3. The van der Waals surface area contributed by atoms with Crippen LogP contribution in [0, 0.1) is 6.92 Å². The van der Waals surface area contributed by atoms with Gasteiger partial charge in [-0.1, -0.05) is 28.9 Å². The number of halogens is 1. The first-order chi connectivity index (χ1) is 10.1. The maximum absolute atomic E-state index is 5.51. The third kappa shape index (κ3) is 3.30. The van der Waals surface area contributed by atoms with Crippen LogP contribution in [0.4, 0.5) is 0 Å². The highest BCUT2D eigenvalue weighted by Crippen LogP contribution is 2.32. The second-order valence-electron chi connectivity index (χ2n) is 5.04. The predicted molar refractivity (Wildman–Crippen MR) is 88.9 cm³/mol. The van der Waals surface area contributed by atoms with Crippen LogP contribution < -0.4 is 10.1 Å². The van der Waals surface area contributed by atoms with Gasteiger partial charge in [0.05, 0.1) is 19.3 Å². The van der Waals surface area contributed by atoms with Gasteiger partial charge in [-0.05, 0) is 43.7 Å². The summed E-state index contributed by atoms with van der Waals surface area (Å²) >= 11 is 3.56. The van der Waals surface area contributed by atoms with Crippen LogP contribution in [-0.2, 0) is 6.54 Å². The molecule has 2 aromatic rings. The van der Waals surface area contributed by atoms with Crippen molar-refractivity contribution < 1.29 is 4.74 Å². The Balaban J connectivity index is 2.55. The number of methoxy groups -OCH3 is 1. The van der Waals surface area contributed by atoms with Crippen molar-refractivity contribution >= 4 is 15.9 Å². The van der Waals surface area contributed by atoms with Crippen LogP contribution in [0.5, 0.6) is 5.75 Å². The van der Waals surface area contributed by atoms with Crippen LogP contribution in [0.1, 0.15) is 36.2 Å². The van der Waals surface area contributed by atoms with Gasteiger partial charge in [-0.25, -0.2) is 0 Å². The molecule has 21 heavy (non-hydrogen) atoms. The van der Waals surface area contributed by atoms with Gasteiger partial charge in [0.2, 0.25) is 0 Å². The Morgan fingerprint density at radius 2 is 2.19 bits per heavy atom. The molecular formula is C16H22BrN3O. The van der Waals surface area contributed by atoms with E-state index in [1.54, 1.807) is 13.3 Å². The lowest BCUT2D eigenvalue weighted by atomic mass is 9.98. The van der Waals surface area contributed by atoms with Gasteiger partial charge in [0.15, 0.2) is 5.75 Å². The van der Waals surface area contributed by atoms with E-state index >= 15 is 0 Å². The van der Waals surface area contributed by atoms with Crippen LogP contribution in [0.15, 0.2) is 28.9 Å². The average molecular weight is 352 g/mol. The first-order valence-corrected chi connectivity index (χ1v) is 7.94. The minimum Gasteiger partial charge on any atom is -0.493 e. The first kappa shape index (κ1) is 16.0. The Hall–Kier alpha value is -1.33. The number of benzene rings is 1. The Morgan fingerprint density at radius 3 is 2.81 bits per heavy atom. The molecule has 0 radical (unpaired) electrons. The van der Waals surface area contributed by atoms with Crippen LogP contribution >= 0.6 is 15.9 Å². The molecule has 1 unspecified atom stereocenters. The fraction of sp³-hybridized carbons (Fsp3) is 0.438. The number of nitrogens with one attached hydrogen (secondary N) is 1. The van der Waals surface area contributed by atoms with Crippen LogP contribution in [0.2, 0.25) is 0 Å². The van der Waals surface area contributed by atoms with Gasteiger partial charge in [-0.2, -0.15) is 5.10 Å². The second kappa shape index (κ2) is 7.09. The molecule has 1 heterocycles. The van der Waals surface area contributed by atoms with E-state index in [9.17, 15) is 0 Å². The molecule has 114 valence electrons. The Bertz CT molecular complexity index is 610. The lowest BCUT2D eigenvalue weighted by molar-refractivity contribution is 0.400. The molecular weight excluding hydrogens is 330 g/mol. The van der Waals surface area contributed by atoms with Gasteiger partial charge in [0.1, 0.15) is 5.69 Å². The molecule has 0 spiro atoms. The lowest BCUT2D eigenvalue weighted by Gasteiger charge is -2.21. The average Bonchev–Trinajstić information content (AvgIpc) is 2.87. The van der Waals surface area contributed by atoms with Crippen molar-refractivity contribution in [3.63, 3.8) is 0 Å². The maximum atomic E-state index is 5.51. The molecule has 1 aromatic heterocycles. The fourth-order valence-corrected chi connectivity index (χ4v) is 2.96. The molecule has 0 saturated carbocycles. The van der Waals surface area contributed by atoms with Crippen LogP contribution in [0.3, 0.4) is 0 Å². The highest BCUT2D eigenvalue weighted by molar-refractivity contribution is 9.10. The molecule has 0 aliphatic carbocycles. The highest BCUT2D eigenvalue weighted by Gasteiger charge is 2.23. The van der Waals surface area contributed by atoms with E-state index in [1.807, 2.05) is 11.7 Å². The van der Waals surface area contributed by atoms with E-state index in [0.29, 0.717) is 0 Å². The zero-order valence-electron chi connectivity index (χ0n) is 13.0. The molecule has 0 aliphatic rings. The molecule has 5 heteroatoms. The molecule has 1 N–H and O–H groups in total. The SMILES string of the molecule is CCCn1ncc(OC)c1C(NC)c1cc(Br)ccc1C. The number of nitrogens with zero attached hydrogens (tertiary/aromatic N) is 2. The minimum atomic E-state index is 0.0477. The highest BCUT2D eigenvalue weighted by atomic mass is 79.9. The van der Waals surface area contributed by atoms with Crippen molar-refractivity contribution in [2.24, 2.45) is 0 Å². The van der Waals surface area contributed by atoms with Crippen LogP contribution in [-0.4, -0.2) is 23.9 Å². The number of hydrogen-bond acceptors (Lipinski definition) is 3. The minimum absolute atomic E-state index is 0.0477. The quantitative estimate of drug-likeness (QED) is 0.862. The van der Waals surface area contributed by atoms with E-state index in [-0.39, 0.29) is 6.04 Å². The summed E-state index contributed by atoms with van der Waals surface area (Å²) < 4.78 is 8.61. The van der Waals surface area contributed by atoms with Gasteiger partial charge < -0.3 is 10.1 Å². The summed E-state index contributed by atoms with van der Waals surface area (Å²) in [5.41, 5.74) is 3.54. The van der Waals surface area contributed by atoms with Crippen molar-refractivity contribution in [1.82, 2.24) is 15.1 Å². The molecule has 0 fully saturated rings. The summed E-state index contributed by atoms with van der Waals surface area (Å²) in [6.07, 6.45) is 2.83. The van der Waals surface area contributed by atoms with Gasteiger partial charge >= 0.3 is 0 Å². The van der Waals surface area contributed by atoms with Gasteiger partial charge in [0, 0.05) is 11.0 Å². The molecule has 1 atom stereocenters. The van der Waals surface area contributed by atoms with Crippen molar-refractivity contribution in [1.29, 1.82) is 0 Å². The van der Waals surface area contributed by atoms with Crippen molar-refractivity contribution in [2.45, 2.75) is 32.9 Å². The summed E-state index contributed by atoms with van der Waals surface area (Å²) in [6.45, 7) is 5.15. The summed E-state index contributed by atoms with van der Waals surface area (Å²) in [5.74, 6) is 0.821. The maximum Gasteiger partial charge on any atom is 0.161 e. The van der Waals surface area contributed by atoms with E-state index < -0.39 is 0 Å². The molecule has 0 saturated heterocycles. The molecule has 0 amide bonds. The predicted octanol–water partition coefficient (Wildman–Crippen LogP) is 3.68. The van der Waals surface area contributed by atoms with Crippen molar-refractivity contribution in [3.05, 3.63) is 45.7 Å². The van der Waals surface area contributed by atoms with Crippen molar-refractivity contribution in [2.75, 3.05) is 14.2 Å². The smallest absolute Gasteiger partial charge is 0.161 e. The Labute approximate surface area is 134 Å². The van der Waals surface area contributed by atoms with Crippen LogP contribution in [0.25, 0.3) is 0 Å². The number of rotatable bonds is 6. The summed E-state index contributed by atoms with van der Waals surface area (Å²) in [6, 6.07) is 6.38. The zero-order chi connectivity index (χ0) is 15.4. The van der Waals surface area contributed by atoms with E-state index in [1.165, 1.54) is 11.1 Å². The molecule has 0 aliphatic heterocycles. The van der Waals surface area contributed by atoms with E-state index in [4.69, 9.17) is 4.74 Å². The summed E-state index contributed by atoms with van der Waals surface area (Å²) in [7, 11) is 3.66. The van der Waals surface area contributed by atoms with Gasteiger partial charge in [-0.15, -0.1) is 0 Å². The summed E-state index contributed by atoms with van der Waals surface area (Å²) in [5, 5.41) is 7.86.